The van der Waals surface area contributed by atoms with Crippen molar-refractivity contribution in [2.45, 2.75) is 30.3 Å². The van der Waals surface area contributed by atoms with Gasteiger partial charge in [0.15, 0.2) is 0 Å². The molecular weight excluding hydrogens is 358 g/mol. The minimum atomic E-state index is -1.10. The molecule has 0 aromatic carbocycles. The summed E-state index contributed by atoms with van der Waals surface area (Å²) in [6.07, 6.45) is 7.41. The summed E-state index contributed by atoms with van der Waals surface area (Å²) in [7, 11) is 0. The number of carbonyl (C=O) groups is 1. The molecule has 2 N–H and O–H groups in total. The standard InChI is InChI=1S/C16H15N5O2S2/c22-15(23)16(5-10-8-24-9-20-10)6-11(12-7-17-1-2-18-12)13(21-16)14-19-3-4-25-14/h1-4,7-9,11,13,21H,5-6H2,(H,22,23)/t11-,13-,16+/m1/s1. The van der Waals surface area contributed by atoms with Gasteiger partial charge in [-0.1, -0.05) is 0 Å². The Hall–Kier alpha value is -2.23. The summed E-state index contributed by atoms with van der Waals surface area (Å²) in [5.74, 6) is -0.997. The van der Waals surface area contributed by atoms with Gasteiger partial charge in [0.1, 0.15) is 10.5 Å². The molecule has 1 fully saturated rings. The van der Waals surface area contributed by atoms with Crippen LogP contribution < -0.4 is 5.32 Å². The molecule has 0 bridgehead atoms. The average molecular weight is 373 g/mol. The first kappa shape index (κ1) is 16.2. The quantitative estimate of drug-likeness (QED) is 0.707. The lowest BCUT2D eigenvalue weighted by Gasteiger charge is -2.24. The second-order valence-corrected chi connectivity index (χ2v) is 7.62. The number of carboxylic acids is 1. The number of rotatable bonds is 5. The Kier molecular flexibility index (Phi) is 4.28. The predicted molar refractivity (Wildman–Crippen MR) is 93.6 cm³/mol. The lowest BCUT2D eigenvalue weighted by Crippen LogP contribution is -2.50. The maximum absolute atomic E-state index is 12.2. The van der Waals surface area contributed by atoms with Gasteiger partial charge in [0, 0.05) is 47.9 Å². The molecule has 3 aromatic rings. The summed E-state index contributed by atoms with van der Waals surface area (Å²) in [6.45, 7) is 0. The molecule has 4 heterocycles. The molecular formula is C16H15N5O2S2. The molecule has 3 atom stereocenters. The first-order valence-corrected chi connectivity index (χ1v) is 9.54. The van der Waals surface area contributed by atoms with Gasteiger partial charge < -0.3 is 5.11 Å². The molecule has 7 nitrogen and oxygen atoms in total. The molecule has 3 aromatic heterocycles. The van der Waals surface area contributed by atoms with Crippen LogP contribution >= 0.6 is 22.7 Å². The third-order valence-corrected chi connectivity index (χ3v) is 5.95. The first-order chi connectivity index (χ1) is 12.2. The van der Waals surface area contributed by atoms with Crippen LogP contribution in [0.15, 0.2) is 41.1 Å². The highest BCUT2D eigenvalue weighted by molar-refractivity contribution is 7.09. The Morgan fingerprint density at radius 3 is 2.88 bits per heavy atom. The van der Waals surface area contributed by atoms with Crippen molar-refractivity contribution in [3.63, 3.8) is 0 Å². The van der Waals surface area contributed by atoms with E-state index in [-0.39, 0.29) is 12.0 Å². The Morgan fingerprint density at radius 1 is 1.32 bits per heavy atom. The summed E-state index contributed by atoms with van der Waals surface area (Å²) < 4.78 is 0. The predicted octanol–water partition coefficient (Wildman–Crippen LogP) is 2.27. The van der Waals surface area contributed by atoms with Gasteiger partial charge in [-0.05, 0) is 6.42 Å². The number of thiazole rings is 2. The molecule has 1 saturated heterocycles. The van der Waals surface area contributed by atoms with E-state index in [2.05, 4.69) is 25.3 Å². The van der Waals surface area contributed by atoms with Gasteiger partial charge in [0.05, 0.1) is 22.9 Å². The minimum absolute atomic E-state index is 0.116. The summed E-state index contributed by atoms with van der Waals surface area (Å²) in [5.41, 5.74) is 2.17. The van der Waals surface area contributed by atoms with Gasteiger partial charge >= 0.3 is 5.97 Å². The third-order valence-electron chi connectivity index (χ3n) is 4.46. The SMILES string of the molecule is O=C(O)[C@]1(Cc2cscn2)C[C@H](c2cnccn2)[C@H](c2nccs2)N1. The molecule has 0 radical (unpaired) electrons. The molecule has 1 aliphatic heterocycles. The molecule has 0 spiro atoms. The molecule has 1 aliphatic rings. The second-order valence-electron chi connectivity index (χ2n) is 5.98. The molecule has 0 amide bonds. The van der Waals surface area contributed by atoms with Crippen LogP contribution in [0.1, 0.15) is 34.8 Å². The van der Waals surface area contributed by atoms with E-state index in [1.54, 1.807) is 30.3 Å². The van der Waals surface area contributed by atoms with E-state index in [9.17, 15) is 9.90 Å². The average Bonchev–Trinajstić information content (AvgIpc) is 3.37. The summed E-state index contributed by atoms with van der Waals surface area (Å²) in [6, 6.07) is -0.216. The lowest BCUT2D eigenvalue weighted by molar-refractivity contribution is -0.144. The molecule has 0 aliphatic carbocycles. The lowest BCUT2D eigenvalue weighted by atomic mass is 9.86. The van der Waals surface area contributed by atoms with Gasteiger partial charge in [-0.2, -0.15) is 0 Å². The maximum Gasteiger partial charge on any atom is 0.324 e. The van der Waals surface area contributed by atoms with Crippen LogP contribution in [-0.2, 0) is 11.2 Å². The van der Waals surface area contributed by atoms with E-state index < -0.39 is 11.5 Å². The fourth-order valence-corrected chi connectivity index (χ4v) is 4.64. The Morgan fingerprint density at radius 2 is 2.24 bits per heavy atom. The number of nitrogens with one attached hydrogen (secondary N) is 1. The van der Waals surface area contributed by atoms with E-state index in [0.29, 0.717) is 12.8 Å². The van der Waals surface area contributed by atoms with Crippen LogP contribution in [0.3, 0.4) is 0 Å². The molecule has 4 rings (SSSR count). The van der Waals surface area contributed by atoms with Gasteiger partial charge in [-0.3, -0.25) is 20.1 Å². The van der Waals surface area contributed by atoms with Crippen molar-refractivity contribution in [1.29, 1.82) is 0 Å². The van der Waals surface area contributed by atoms with Gasteiger partial charge in [0.2, 0.25) is 0 Å². The Balaban J connectivity index is 1.73. The Labute approximate surface area is 151 Å². The number of aromatic nitrogens is 4. The zero-order valence-electron chi connectivity index (χ0n) is 13.1. The summed E-state index contributed by atoms with van der Waals surface area (Å²) in [4.78, 5) is 29.4. The normalized spacial score (nSPS) is 25.9. The number of nitrogens with zero attached hydrogens (tertiary/aromatic N) is 4. The first-order valence-electron chi connectivity index (χ1n) is 7.71. The maximum atomic E-state index is 12.2. The molecule has 128 valence electrons. The number of hydrogen-bond donors (Lipinski definition) is 2. The second kappa shape index (κ2) is 6.58. The van der Waals surface area contributed by atoms with Gasteiger partial charge in [0.25, 0.3) is 0 Å². The Bertz CT molecular complexity index is 841. The molecule has 25 heavy (non-hydrogen) atoms. The fraction of sp³-hybridized carbons (Fsp3) is 0.312. The van der Waals surface area contributed by atoms with Gasteiger partial charge in [-0.25, -0.2) is 9.97 Å². The van der Waals surface area contributed by atoms with Crippen LogP contribution in [0.4, 0.5) is 0 Å². The highest BCUT2D eigenvalue weighted by atomic mass is 32.1. The smallest absolute Gasteiger partial charge is 0.324 e. The molecule has 0 saturated carbocycles. The van der Waals surface area contributed by atoms with Gasteiger partial charge in [-0.15, -0.1) is 22.7 Å². The van der Waals surface area contributed by atoms with Crippen LogP contribution in [0.25, 0.3) is 0 Å². The van der Waals surface area contributed by atoms with E-state index in [1.165, 1.54) is 22.7 Å². The topological polar surface area (TPSA) is 101 Å². The van der Waals surface area contributed by atoms with Crippen LogP contribution in [0.5, 0.6) is 0 Å². The highest BCUT2D eigenvalue weighted by Gasteiger charge is 2.52. The van der Waals surface area contributed by atoms with Crippen LogP contribution in [0.2, 0.25) is 0 Å². The van der Waals surface area contributed by atoms with Crippen molar-refractivity contribution in [3.8, 4) is 0 Å². The molecule has 0 unspecified atom stereocenters. The minimum Gasteiger partial charge on any atom is -0.480 e. The fourth-order valence-electron chi connectivity index (χ4n) is 3.33. The van der Waals surface area contributed by atoms with Crippen molar-refractivity contribution in [1.82, 2.24) is 25.3 Å². The summed E-state index contributed by atoms with van der Waals surface area (Å²) in [5, 5.41) is 18.0. The third kappa shape index (κ3) is 3.06. The number of carboxylic acid groups (broad SMARTS) is 1. The van der Waals surface area contributed by atoms with E-state index in [1.807, 2.05) is 10.8 Å². The largest absolute Gasteiger partial charge is 0.480 e. The highest BCUT2D eigenvalue weighted by Crippen LogP contribution is 2.45. The molecule has 9 heteroatoms. The monoisotopic (exact) mass is 373 g/mol. The summed E-state index contributed by atoms with van der Waals surface area (Å²) >= 11 is 2.98. The van der Waals surface area contributed by atoms with Crippen molar-refractivity contribution >= 4 is 28.6 Å². The van der Waals surface area contributed by atoms with Crippen molar-refractivity contribution in [3.05, 3.63) is 57.5 Å². The van der Waals surface area contributed by atoms with E-state index >= 15 is 0 Å². The number of hydrogen-bond acceptors (Lipinski definition) is 8. The zero-order valence-corrected chi connectivity index (χ0v) is 14.7. The van der Waals surface area contributed by atoms with Crippen molar-refractivity contribution in [2.24, 2.45) is 0 Å². The number of aliphatic carboxylic acids is 1. The van der Waals surface area contributed by atoms with E-state index in [4.69, 9.17) is 0 Å². The van der Waals surface area contributed by atoms with E-state index in [0.717, 1.165) is 16.4 Å². The van der Waals surface area contributed by atoms with Crippen molar-refractivity contribution in [2.75, 3.05) is 0 Å². The van der Waals surface area contributed by atoms with Crippen molar-refractivity contribution < 1.29 is 9.90 Å². The van der Waals surface area contributed by atoms with Crippen LogP contribution in [0, 0.1) is 0 Å². The van der Waals surface area contributed by atoms with Crippen LogP contribution in [-0.4, -0.2) is 36.6 Å². The zero-order chi connectivity index (χ0) is 17.3.